The summed E-state index contributed by atoms with van der Waals surface area (Å²) in [6, 6.07) is 0. The normalized spacial score (nSPS) is 10.2. The Kier molecular flexibility index (Phi) is 4.48. The zero-order chi connectivity index (χ0) is 12.1. The lowest BCUT2D eigenvalue weighted by atomic mass is 10.5. The third-order valence-electron chi connectivity index (χ3n) is 2.12. The van der Waals surface area contributed by atoms with Gasteiger partial charge >= 0.3 is 5.97 Å². The highest BCUT2D eigenvalue weighted by Crippen LogP contribution is 2.10. The van der Waals surface area contributed by atoms with E-state index in [1.165, 1.54) is 7.11 Å². The number of likely N-dealkylation sites (N-methyl/N-ethyl adjacent to an activating group) is 1. The van der Waals surface area contributed by atoms with Crippen LogP contribution in [-0.2, 0) is 16.1 Å². The van der Waals surface area contributed by atoms with Gasteiger partial charge < -0.3 is 9.64 Å². The van der Waals surface area contributed by atoms with Crippen molar-refractivity contribution in [1.82, 2.24) is 14.8 Å². The van der Waals surface area contributed by atoms with E-state index in [-0.39, 0.29) is 12.5 Å². The van der Waals surface area contributed by atoms with Crippen LogP contribution >= 0.6 is 12.2 Å². The van der Waals surface area contributed by atoms with E-state index in [0.717, 1.165) is 13.0 Å². The Morgan fingerprint density at radius 2 is 2.38 bits per heavy atom. The first-order valence-corrected chi connectivity index (χ1v) is 5.44. The predicted octanol–water partition coefficient (Wildman–Crippen LogP) is 0.960. The molecule has 0 fully saturated rings. The zero-order valence-electron chi connectivity index (χ0n) is 9.69. The molecule has 0 radical (unpaired) electrons. The molecule has 0 aromatic carbocycles. The monoisotopic (exact) mass is 244 g/mol. The van der Waals surface area contributed by atoms with Gasteiger partial charge in [-0.25, -0.2) is 5.10 Å². The van der Waals surface area contributed by atoms with Crippen LogP contribution in [0.1, 0.15) is 13.3 Å². The van der Waals surface area contributed by atoms with Gasteiger partial charge in [0.05, 0.1) is 7.11 Å². The average Bonchev–Trinajstić information content (AvgIpc) is 2.61. The highest BCUT2D eigenvalue weighted by Gasteiger charge is 2.13. The van der Waals surface area contributed by atoms with Crippen LogP contribution in [0, 0.1) is 4.77 Å². The Morgan fingerprint density at radius 1 is 1.69 bits per heavy atom. The SMILES string of the molecule is CCCn1c(N(C)CC(=O)OC)n[nH]c1=S. The van der Waals surface area contributed by atoms with Crippen molar-refractivity contribution in [3.05, 3.63) is 4.77 Å². The molecule has 0 bridgehead atoms. The number of aromatic amines is 1. The number of methoxy groups -OCH3 is 1. The van der Waals surface area contributed by atoms with Crippen molar-refractivity contribution < 1.29 is 9.53 Å². The van der Waals surface area contributed by atoms with Crippen LogP contribution < -0.4 is 4.90 Å². The van der Waals surface area contributed by atoms with Gasteiger partial charge in [0.15, 0.2) is 4.77 Å². The van der Waals surface area contributed by atoms with Crippen LogP contribution in [0.15, 0.2) is 0 Å². The number of hydrogen-bond donors (Lipinski definition) is 1. The van der Waals surface area contributed by atoms with Gasteiger partial charge in [-0.05, 0) is 18.6 Å². The number of nitrogens with zero attached hydrogens (tertiary/aromatic N) is 3. The Hall–Kier alpha value is -1.37. The first kappa shape index (κ1) is 12.7. The molecule has 1 heterocycles. The van der Waals surface area contributed by atoms with Crippen molar-refractivity contribution in [2.75, 3.05) is 25.6 Å². The number of aromatic nitrogens is 3. The van der Waals surface area contributed by atoms with Gasteiger partial charge in [-0.1, -0.05) is 6.92 Å². The standard InChI is InChI=1S/C9H16N4O2S/c1-4-5-13-8(10-11-9(13)16)12(2)6-7(14)15-3/h4-6H2,1-3H3,(H,11,16). The molecule has 0 unspecified atom stereocenters. The van der Waals surface area contributed by atoms with E-state index in [2.05, 4.69) is 21.9 Å². The van der Waals surface area contributed by atoms with E-state index >= 15 is 0 Å². The molecule has 0 aliphatic heterocycles. The third-order valence-corrected chi connectivity index (χ3v) is 2.43. The second-order valence-electron chi connectivity index (χ2n) is 3.41. The number of carbonyl (C=O) groups excluding carboxylic acids is 1. The first-order chi connectivity index (χ1) is 7.60. The number of nitrogens with one attached hydrogen (secondary N) is 1. The number of esters is 1. The third kappa shape index (κ3) is 2.82. The number of H-pyrrole nitrogens is 1. The highest BCUT2D eigenvalue weighted by atomic mass is 32.1. The van der Waals surface area contributed by atoms with Gasteiger partial charge in [0.25, 0.3) is 0 Å². The van der Waals surface area contributed by atoms with Crippen molar-refractivity contribution in [2.24, 2.45) is 0 Å². The molecule has 6 nitrogen and oxygen atoms in total. The minimum atomic E-state index is -0.306. The summed E-state index contributed by atoms with van der Waals surface area (Å²) >= 11 is 5.10. The molecular formula is C9H16N4O2S. The molecule has 7 heteroatoms. The van der Waals surface area contributed by atoms with E-state index in [0.29, 0.717) is 10.7 Å². The summed E-state index contributed by atoms with van der Waals surface area (Å²) in [6.07, 6.45) is 0.951. The van der Waals surface area contributed by atoms with Crippen LogP contribution in [0.2, 0.25) is 0 Å². The molecule has 0 saturated carbocycles. The lowest BCUT2D eigenvalue weighted by Gasteiger charge is -2.16. The quantitative estimate of drug-likeness (QED) is 0.617. The molecule has 1 N–H and O–H groups in total. The van der Waals surface area contributed by atoms with E-state index in [4.69, 9.17) is 12.2 Å². The lowest BCUT2D eigenvalue weighted by molar-refractivity contribution is -0.138. The summed E-state index contributed by atoms with van der Waals surface area (Å²) < 4.78 is 7.02. The Morgan fingerprint density at radius 3 is 2.94 bits per heavy atom. The van der Waals surface area contributed by atoms with Crippen LogP contribution in [0.5, 0.6) is 0 Å². The molecule has 1 aromatic rings. The average molecular weight is 244 g/mol. The molecule has 0 spiro atoms. The van der Waals surface area contributed by atoms with Crippen molar-refractivity contribution in [3.8, 4) is 0 Å². The number of anilines is 1. The Balaban J connectivity index is 2.86. The van der Waals surface area contributed by atoms with Crippen LogP contribution in [0.3, 0.4) is 0 Å². The molecule has 16 heavy (non-hydrogen) atoms. The van der Waals surface area contributed by atoms with Gasteiger partial charge in [-0.15, -0.1) is 5.10 Å². The molecule has 0 atom stereocenters. The first-order valence-electron chi connectivity index (χ1n) is 5.03. The molecule has 90 valence electrons. The second kappa shape index (κ2) is 5.64. The number of ether oxygens (including phenoxy) is 1. The fourth-order valence-electron chi connectivity index (χ4n) is 1.35. The minimum Gasteiger partial charge on any atom is -0.468 e. The van der Waals surface area contributed by atoms with Crippen molar-refractivity contribution in [3.63, 3.8) is 0 Å². The summed E-state index contributed by atoms with van der Waals surface area (Å²) in [5.41, 5.74) is 0. The highest BCUT2D eigenvalue weighted by molar-refractivity contribution is 7.71. The van der Waals surface area contributed by atoms with Crippen LogP contribution in [0.4, 0.5) is 5.95 Å². The molecule has 0 aliphatic carbocycles. The van der Waals surface area contributed by atoms with E-state index in [1.807, 2.05) is 4.57 Å². The topological polar surface area (TPSA) is 63.1 Å². The molecular weight excluding hydrogens is 228 g/mol. The van der Waals surface area contributed by atoms with Gasteiger partial charge in [0.2, 0.25) is 5.95 Å². The van der Waals surface area contributed by atoms with Crippen LogP contribution in [0.25, 0.3) is 0 Å². The lowest BCUT2D eigenvalue weighted by Crippen LogP contribution is -2.29. The van der Waals surface area contributed by atoms with E-state index in [1.54, 1.807) is 11.9 Å². The fraction of sp³-hybridized carbons (Fsp3) is 0.667. The smallest absolute Gasteiger partial charge is 0.325 e. The second-order valence-corrected chi connectivity index (χ2v) is 3.80. The summed E-state index contributed by atoms with van der Waals surface area (Å²) in [5, 5.41) is 6.80. The maximum Gasteiger partial charge on any atom is 0.325 e. The summed E-state index contributed by atoms with van der Waals surface area (Å²) in [7, 11) is 3.13. The molecule has 0 saturated heterocycles. The summed E-state index contributed by atoms with van der Waals surface area (Å²) in [6.45, 7) is 2.98. The summed E-state index contributed by atoms with van der Waals surface area (Å²) in [4.78, 5) is 12.8. The molecule has 0 aliphatic rings. The van der Waals surface area contributed by atoms with Gasteiger partial charge in [0, 0.05) is 13.6 Å². The van der Waals surface area contributed by atoms with Gasteiger partial charge in [-0.2, -0.15) is 0 Å². The minimum absolute atomic E-state index is 0.153. The number of carbonyl (C=O) groups is 1. The van der Waals surface area contributed by atoms with Crippen molar-refractivity contribution in [2.45, 2.75) is 19.9 Å². The van der Waals surface area contributed by atoms with Crippen LogP contribution in [-0.4, -0.2) is 41.4 Å². The predicted molar refractivity (Wildman–Crippen MR) is 63.0 cm³/mol. The van der Waals surface area contributed by atoms with Gasteiger partial charge in [0.1, 0.15) is 6.54 Å². The number of hydrogen-bond acceptors (Lipinski definition) is 5. The van der Waals surface area contributed by atoms with Crippen molar-refractivity contribution in [1.29, 1.82) is 0 Å². The molecule has 0 amide bonds. The van der Waals surface area contributed by atoms with E-state index in [9.17, 15) is 4.79 Å². The Labute approximate surface area is 99.2 Å². The Bertz CT molecular complexity index is 412. The van der Waals surface area contributed by atoms with Crippen molar-refractivity contribution >= 4 is 24.1 Å². The maximum atomic E-state index is 11.1. The van der Waals surface area contributed by atoms with Gasteiger partial charge in [-0.3, -0.25) is 9.36 Å². The largest absolute Gasteiger partial charge is 0.468 e. The molecule has 1 rings (SSSR count). The van der Waals surface area contributed by atoms with E-state index < -0.39 is 0 Å². The summed E-state index contributed by atoms with van der Waals surface area (Å²) in [5.74, 6) is 0.344. The fourth-order valence-corrected chi connectivity index (χ4v) is 1.57. The molecule has 1 aromatic heterocycles. The maximum absolute atomic E-state index is 11.1. The zero-order valence-corrected chi connectivity index (χ0v) is 10.5. The number of rotatable bonds is 5.